The zero-order chi connectivity index (χ0) is 10.9. The van der Waals surface area contributed by atoms with Gasteiger partial charge in [0.25, 0.3) is 0 Å². The quantitative estimate of drug-likeness (QED) is 0.627. The zero-order valence-electron chi connectivity index (χ0n) is 6.51. The average Bonchev–Trinajstić information content (AvgIpc) is 2.02. The Bertz CT molecular complexity index is 164. The maximum absolute atomic E-state index is 12.2. The lowest BCUT2D eigenvalue weighted by Gasteiger charge is -2.27. The first-order valence-corrected chi connectivity index (χ1v) is 3.35. The van der Waals surface area contributed by atoms with E-state index in [2.05, 4.69) is 0 Å². The van der Waals surface area contributed by atoms with Gasteiger partial charge in [0.05, 0.1) is 0 Å². The molecular weight excluding hydrogens is 205 g/mol. The summed E-state index contributed by atoms with van der Waals surface area (Å²) in [5.41, 5.74) is 0. The van der Waals surface area contributed by atoms with Gasteiger partial charge in [-0.15, -0.1) is 0 Å². The molecule has 0 aromatic heterocycles. The molecule has 7 heteroatoms. The van der Waals surface area contributed by atoms with Gasteiger partial charge in [-0.2, -0.15) is 17.6 Å². The second-order valence-corrected chi connectivity index (χ2v) is 2.42. The molecule has 0 aliphatic heterocycles. The van der Waals surface area contributed by atoms with Crippen molar-refractivity contribution in [3.63, 3.8) is 0 Å². The minimum atomic E-state index is -5.62. The summed E-state index contributed by atoms with van der Waals surface area (Å²) in [4.78, 5) is 0. The Hall–Kier alpha value is -0.490. The first-order chi connectivity index (χ1) is 5.67. The van der Waals surface area contributed by atoms with Gasteiger partial charge in [-0.05, 0) is 6.42 Å². The predicted molar refractivity (Wildman–Crippen MR) is 31.1 cm³/mol. The third-order valence-corrected chi connectivity index (χ3v) is 1.47. The normalized spacial score (nSPS) is 16.4. The molecule has 0 aromatic carbocycles. The lowest BCUT2D eigenvalue weighted by molar-refractivity contribution is -0.285. The Morgan fingerprint density at radius 1 is 0.923 bits per heavy atom. The summed E-state index contributed by atoms with van der Waals surface area (Å²) < 4.78 is 83.5. The molecular formula is C6H7F7. The molecule has 0 fully saturated rings. The zero-order valence-corrected chi connectivity index (χ0v) is 6.51. The smallest absolute Gasteiger partial charge is 0.241 e. The molecule has 0 aromatic rings. The Balaban J connectivity index is 4.80. The highest BCUT2D eigenvalue weighted by Crippen LogP contribution is 2.43. The van der Waals surface area contributed by atoms with Gasteiger partial charge in [-0.3, -0.25) is 0 Å². The molecule has 0 rings (SSSR count). The molecule has 80 valence electrons. The fourth-order valence-corrected chi connectivity index (χ4v) is 0.611. The van der Waals surface area contributed by atoms with Crippen molar-refractivity contribution in [2.45, 2.75) is 37.8 Å². The van der Waals surface area contributed by atoms with Crippen LogP contribution in [-0.4, -0.2) is 24.4 Å². The number of hydrogen-bond acceptors (Lipinski definition) is 0. The van der Waals surface area contributed by atoms with Crippen LogP contribution in [-0.2, 0) is 0 Å². The molecule has 0 saturated heterocycles. The Morgan fingerprint density at radius 3 is 1.54 bits per heavy atom. The van der Waals surface area contributed by atoms with Crippen LogP contribution >= 0.6 is 0 Å². The molecule has 0 aliphatic carbocycles. The van der Waals surface area contributed by atoms with E-state index in [1.807, 2.05) is 0 Å². The van der Waals surface area contributed by atoms with E-state index in [4.69, 9.17) is 0 Å². The lowest BCUT2D eigenvalue weighted by Crippen LogP contribution is -2.52. The van der Waals surface area contributed by atoms with Crippen molar-refractivity contribution in [2.75, 3.05) is 0 Å². The molecule has 0 amide bonds. The van der Waals surface area contributed by atoms with Crippen molar-refractivity contribution < 1.29 is 30.7 Å². The standard InChI is InChI=1S/C6H7F7/c1-2-3(7)5(10,11)6(12,13)4(8)9/h3-4H,2H2,1H3. The van der Waals surface area contributed by atoms with Crippen LogP contribution in [0.25, 0.3) is 0 Å². The first kappa shape index (κ1) is 12.5. The van der Waals surface area contributed by atoms with Crippen LogP contribution in [0.15, 0.2) is 0 Å². The maximum Gasteiger partial charge on any atom is 0.372 e. The van der Waals surface area contributed by atoms with Crippen molar-refractivity contribution in [2.24, 2.45) is 0 Å². The fraction of sp³-hybridized carbons (Fsp3) is 1.00. The highest BCUT2D eigenvalue weighted by atomic mass is 19.3. The molecule has 1 atom stereocenters. The summed E-state index contributed by atoms with van der Waals surface area (Å²) in [7, 11) is 0. The maximum atomic E-state index is 12.2. The van der Waals surface area contributed by atoms with Crippen LogP contribution in [0.2, 0.25) is 0 Å². The molecule has 0 radical (unpaired) electrons. The first-order valence-electron chi connectivity index (χ1n) is 3.35. The number of alkyl halides is 7. The van der Waals surface area contributed by atoms with E-state index in [1.165, 1.54) is 0 Å². The number of halogens is 7. The van der Waals surface area contributed by atoms with Crippen LogP contribution in [0.1, 0.15) is 13.3 Å². The van der Waals surface area contributed by atoms with Gasteiger partial charge in [0.2, 0.25) is 0 Å². The second kappa shape index (κ2) is 3.71. The summed E-state index contributed by atoms with van der Waals surface area (Å²) in [6.07, 6.45) is -8.79. The largest absolute Gasteiger partial charge is 0.372 e. The van der Waals surface area contributed by atoms with E-state index in [0.29, 0.717) is 0 Å². The van der Waals surface area contributed by atoms with Gasteiger partial charge in [-0.1, -0.05) is 6.92 Å². The minimum absolute atomic E-state index is 0.861. The molecule has 0 saturated carbocycles. The van der Waals surface area contributed by atoms with Gasteiger partial charge < -0.3 is 0 Å². The molecule has 0 aliphatic rings. The average molecular weight is 212 g/mol. The van der Waals surface area contributed by atoms with E-state index in [1.54, 1.807) is 0 Å². The van der Waals surface area contributed by atoms with Gasteiger partial charge >= 0.3 is 18.3 Å². The topological polar surface area (TPSA) is 0 Å². The molecule has 0 heterocycles. The SMILES string of the molecule is CCC(F)C(F)(F)C(F)(F)C(F)F. The molecule has 0 nitrogen and oxygen atoms in total. The van der Waals surface area contributed by atoms with Gasteiger partial charge in [-0.25, -0.2) is 13.2 Å². The number of hydrogen-bond donors (Lipinski definition) is 0. The van der Waals surface area contributed by atoms with Crippen LogP contribution in [0.4, 0.5) is 30.7 Å². The van der Waals surface area contributed by atoms with E-state index in [-0.39, 0.29) is 0 Å². The van der Waals surface area contributed by atoms with E-state index < -0.39 is 30.9 Å². The van der Waals surface area contributed by atoms with Crippen LogP contribution in [0, 0.1) is 0 Å². The molecule has 0 spiro atoms. The predicted octanol–water partition coefficient (Wildman–Crippen LogP) is 3.27. The molecule has 1 unspecified atom stereocenters. The molecule has 0 N–H and O–H groups in total. The summed E-state index contributed by atoms with van der Waals surface area (Å²) >= 11 is 0. The third kappa shape index (κ3) is 2.05. The second-order valence-electron chi connectivity index (χ2n) is 2.42. The summed E-state index contributed by atoms with van der Waals surface area (Å²) in [5.74, 6) is -10.9. The van der Waals surface area contributed by atoms with Crippen molar-refractivity contribution in [3.8, 4) is 0 Å². The monoisotopic (exact) mass is 212 g/mol. The molecule has 0 bridgehead atoms. The number of rotatable bonds is 4. The van der Waals surface area contributed by atoms with Crippen molar-refractivity contribution in [3.05, 3.63) is 0 Å². The summed E-state index contributed by atoms with van der Waals surface area (Å²) in [6.45, 7) is 0.861. The highest BCUT2D eigenvalue weighted by Gasteiger charge is 2.66. The summed E-state index contributed by atoms with van der Waals surface area (Å²) in [6, 6.07) is 0. The Kier molecular flexibility index (Phi) is 3.57. The third-order valence-electron chi connectivity index (χ3n) is 1.47. The van der Waals surface area contributed by atoms with Crippen LogP contribution in [0.5, 0.6) is 0 Å². The van der Waals surface area contributed by atoms with Crippen LogP contribution < -0.4 is 0 Å². The Labute approximate surface area is 69.7 Å². The lowest BCUT2D eigenvalue weighted by atomic mass is 10.1. The molecule has 13 heavy (non-hydrogen) atoms. The minimum Gasteiger partial charge on any atom is -0.241 e. The van der Waals surface area contributed by atoms with Gasteiger partial charge in [0, 0.05) is 0 Å². The van der Waals surface area contributed by atoms with Gasteiger partial charge in [0.15, 0.2) is 6.17 Å². The van der Waals surface area contributed by atoms with E-state index >= 15 is 0 Å². The van der Waals surface area contributed by atoms with Crippen molar-refractivity contribution in [1.82, 2.24) is 0 Å². The van der Waals surface area contributed by atoms with Crippen LogP contribution in [0.3, 0.4) is 0 Å². The van der Waals surface area contributed by atoms with Gasteiger partial charge in [0.1, 0.15) is 0 Å². The van der Waals surface area contributed by atoms with E-state index in [9.17, 15) is 30.7 Å². The van der Waals surface area contributed by atoms with E-state index in [0.717, 1.165) is 6.92 Å². The van der Waals surface area contributed by atoms with Crippen molar-refractivity contribution in [1.29, 1.82) is 0 Å². The summed E-state index contributed by atoms with van der Waals surface area (Å²) in [5, 5.41) is 0. The highest BCUT2D eigenvalue weighted by molar-refractivity contribution is 4.92. The Morgan fingerprint density at radius 2 is 1.31 bits per heavy atom. The van der Waals surface area contributed by atoms with Crippen molar-refractivity contribution >= 4 is 0 Å². The fourth-order valence-electron chi connectivity index (χ4n) is 0.611.